The van der Waals surface area contributed by atoms with Crippen LogP contribution in [0.1, 0.15) is 26.7 Å². The Morgan fingerprint density at radius 1 is 1.65 bits per heavy atom. The van der Waals surface area contributed by atoms with Gasteiger partial charge in [0.25, 0.3) is 0 Å². The van der Waals surface area contributed by atoms with Gasteiger partial charge in [0.05, 0.1) is 29.5 Å². The molecule has 1 fully saturated rings. The van der Waals surface area contributed by atoms with Gasteiger partial charge in [-0.1, -0.05) is 0 Å². The Hall–Kier alpha value is -1.52. The third kappa shape index (κ3) is 3.14. The summed E-state index contributed by atoms with van der Waals surface area (Å²) in [6.45, 7) is 4.16. The normalized spacial score (nSPS) is 22.1. The number of hydrogen-bond acceptors (Lipinski definition) is 6. The summed E-state index contributed by atoms with van der Waals surface area (Å²) in [4.78, 5) is 9.35. The van der Waals surface area contributed by atoms with Crippen LogP contribution in [0, 0.1) is 10.1 Å². The maximum Gasteiger partial charge on any atom is 0.410 e. The van der Waals surface area contributed by atoms with Crippen LogP contribution >= 0.6 is 0 Å². The molecule has 1 aliphatic heterocycles. The summed E-state index contributed by atoms with van der Waals surface area (Å²) in [6, 6.07) is 0. The molecule has 9 nitrogen and oxygen atoms in total. The van der Waals surface area contributed by atoms with E-state index in [1.54, 1.807) is 0 Å². The molecular formula is C10H16N4O5S. The van der Waals surface area contributed by atoms with Crippen LogP contribution in [0.25, 0.3) is 0 Å². The van der Waals surface area contributed by atoms with Crippen molar-refractivity contribution in [2.75, 3.05) is 0 Å². The first kappa shape index (κ1) is 14.9. The van der Waals surface area contributed by atoms with Crippen molar-refractivity contribution in [2.45, 2.75) is 49.8 Å². The molecule has 1 saturated heterocycles. The van der Waals surface area contributed by atoms with E-state index in [9.17, 15) is 18.5 Å². The Morgan fingerprint density at radius 3 is 2.70 bits per heavy atom. The first-order valence-corrected chi connectivity index (χ1v) is 7.55. The highest BCUT2D eigenvalue weighted by Crippen LogP contribution is 2.30. The van der Waals surface area contributed by atoms with Crippen LogP contribution in [-0.4, -0.2) is 34.8 Å². The fourth-order valence-corrected chi connectivity index (χ4v) is 2.87. The predicted molar refractivity (Wildman–Crippen MR) is 68.4 cm³/mol. The largest absolute Gasteiger partial charge is 0.410 e. The van der Waals surface area contributed by atoms with Crippen LogP contribution in [0.5, 0.6) is 0 Å². The number of rotatable bonds is 4. The Bertz CT molecular complexity index is 636. The maximum atomic E-state index is 11.3. The predicted octanol–water partition coefficient (Wildman–Crippen LogP) is 0.396. The summed E-state index contributed by atoms with van der Waals surface area (Å²) >= 11 is 0. The van der Waals surface area contributed by atoms with Crippen LogP contribution in [0.3, 0.4) is 0 Å². The second-order valence-corrected chi connectivity index (χ2v) is 6.91. The highest BCUT2D eigenvalue weighted by Gasteiger charge is 2.34. The topological polar surface area (TPSA) is 130 Å². The Labute approximate surface area is 115 Å². The number of hydrogen-bond donors (Lipinski definition) is 1. The first-order chi connectivity index (χ1) is 9.08. The molecule has 1 atom stereocenters. The van der Waals surface area contributed by atoms with E-state index in [0.29, 0.717) is 0 Å². The van der Waals surface area contributed by atoms with Gasteiger partial charge in [-0.15, -0.1) is 0 Å². The van der Waals surface area contributed by atoms with Gasteiger partial charge in [0, 0.05) is 0 Å². The van der Waals surface area contributed by atoms with Gasteiger partial charge in [-0.3, -0.25) is 0 Å². The van der Waals surface area contributed by atoms with Crippen LogP contribution in [0.15, 0.2) is 11.1 Å². The molecule has 2 rings (SSSR count). The molecule has 1 unspecified atom stereocenters. The van der Waals surface area contributed by atoms with E-state index in [1.807, 2.05) is 13.8 Å². The van der Waals surface area contributed by atoms with Crippen molar-refractivity contribution in [1.82, 2.24) is 9.78 Å². The Morgan fingerprint density at radius 2 is 2.30 bits per heavy atom. The smallest absolute Gasteiger partial charge is 0.370 e. The van der Waals surface area contributed by atoms with Crippen molar-refractivity contribution < 1.29 is 18.1 Å². The van der Waals surface area contributed by atoms with E-state index in [4.69, 9.17) is 9.88 Å². The Balaban J connectivity index is 2.24. The monoisotopic (exact) mass is 304 g/mol. The minimum Gasteiger partial charge on any atom is -0.370 e. The molecule has 0 aromatic carbocycles. The molecule has 0 spiro atoms. The van der Waals surface area contributed by atoms with E-state index in [2.05, 4.69) is 5.10 Å². The standard InChI is InChI=1S/C10H16N4O5S/c1-10(2)4-3-7(19-10)5-13-6-8(20(11,17)18)9(12-13)14(15)16/h6-7H,3-5H2,1-2H3,(H2,11,17,18). The second-order valence-electron chi connectivity index (χ2n) is 5.38. The molecule has 2 heterocycles. The lowest BCUT2D eigenvalue weighted by Gasteiger charge is -2.18. The van der Waals surface area contributed by atoms with E-state index >= 15 is 0 Å². The van der Waals surface area contributed by atoms with Crippen molar-refractivity contribution in [2.24, 2.45) is 5.14 Å². The van der Waals surface area contributed by atoms with Gasteiger partial charge in [-0.2, -0.15) is 4.68 Å². The number of aromatic nitrogens is 2. The zero-order valence-corrected chi connectivity index (χ0v) is 12.0. The fourth-order valence-electron chi connectivity index (χ4n) is 2.23. The molecule has 0 radical (unpaired) electrons. The molecule has 2 N–H and O–H groups in total. The zero-order chi connectivity index (χ0) is 15.1. The summed E-state index contributed by atoms with van der Waals surface area (Å²) in [7, 11) is -4.18. The first-order valence-electron chi connectivity index (χ1n) is 6.01. The number of ether oxygens (including phenoxy) is 1. The third-order valence-corrected chi connectivity index (χ3v) is 4.04. The number of nitrogens with zero attached hydrogens (tertiary/aromatic N) is 3. The Kier molecular flexibility index (Phi) is 3.56. The lowest BCUT2D eigenvalue weighted by molar-refractivity contribution is -0.392. The molecule has 0 bridgehead atoms. The van der Waals surface area contributed by atoms with Gasteiger partial charge in [0.2, 0.25) is 14.9 Å². The maximum absolute atomic E-state index is 11.3. The van der Waals surface area contributed by atoms with Crippen molar-refractivity contribution in [3.8, 4) is 0 Å². The molecule has 1 aliphatic rings. The van der Waals surface area contributed by atoms with Crippen molar-refractivity contribution in [3.05, 3.63) is 16.3 Å². The fraction of sp³-hybridized carbons (Fsp3) is 0.700. The number of nitro groups is 1. The molecule has 0 aliphatic carbocycles. The van der Waals surface area contributed by atoms with Crippen molar-refractivity contribution >= 4 is 15.8 Å². The van der Waals surface area contributed by atoms with Gasteiger partial charge in [0.15, 0.2) is 0 Å². The lowest BCUT2D eigenvalue weighted by Crippen LogP contribution is -2.23. The highest BCUT2D eigenvalue weighted by atomic mass is 32.2. The number of primary sulfonamides is 1. The lowest BCUT2D eigenvalue weighted by atomic mass is 10.1. The molecule has 0 saturated carbocycles. The van der Waals surface area contributed by atoms with Crippen LogP contribution in [0.2, 0.25) is 0 Å². The van der Waals surface area contributed by atoms with Gasteiger partial charge in [-0.05, 0) is 31.6 Å². The number of sulfonamides is 1. The molecular weight excluding hydrogens is 288 g/mol. The van der Waals surface area contributed by atoms with Gasteiger partial charge >= 0.3 is 5.82 Å². The SMILES string of the molecule is CC1(C)CCC(Cn2cc(S(N)(=O)=O)c([N+](=O)[O-])n2)O1. The molecule has 1 aromatic heterocycles. The van der Waals surface area contributed by atoms with E-state index in [-0.39, 0.29) is 18.2 Å². The quantitative estimate of drug-likeness (QED) is 0.632. The molecule has 10 heteroatoms. The van der Waals surface area contributed by atoms with Gasteiger partial charge in [-0.25, -0.2) is 13.6 Å². The van der Waals surface area contributed by atoms with Crippen molar-refractivity contribution in [1.29, 1.82) is 0 Å². The zero-order valence-electron chi connectivity index (χ0n) is 11.1. The molecule has 1 aromatic rings. The average molecular weight is 304 g/mol. The van der Waals surface area contributed by atoms with Crippen LogP contribution in [-0.2, 0) is 21.3 Å². The summed E-state index contributed by atoms with van der Waals surface area (Å²) in [5.41, 5.74) is -0.244. The number of nitrogens with two attached hydrogens (primary N) is 1. The van der Waals surface area contributed by atoms with E-state index < -0.39 is 25.7 Å². The molecule has 20 heavy (non-hydrogen) atoms. The van der Waals surface area contributed by atoms with Gasteiger partial charge in [0.1, 0.15) is 0 Å². The van der Waals surface area contributed by atoms with E-state index in [1.165, 1.54) is 4.68 Å². The van der Waals surface area contributed by atoms with Crippen LogP contribution < -0.4 is 5.14 Å². The van der Waals surface area contributed by atoms with Gasteiger partial charge < -0.3 is 14.9 Å². The summed E-state index contributed by atoms with van der Waals surface area (Å²) in [6.07, 6.45) is 2.56. The highest BCUT2D eigenvalue weighted by molar-refractivity contribution is 7.89. The minimum absolute atomic E-state index is 0.155. The van der Waals surface area contributed by atoms with Crippen LogP contribution in [0.4, 0.5) is 5.82 Å². The molecule has 112 valence electrons. The minimum atomic E-state index is -4.18. The third-order valence-electron chi connectivity index (χ3n) is 3.13. The second kappa shape index (κ2) is 4.79. The summed E-state index contributed by atoms with van der Waals surface area (Å²) in [5.74, 6) is -0.759. The molecule has 0 amide bonds. The van der Waals surface area contributed by atoms with E-state index in [0.717, 1.165) is 19.0 Å². The summed E-state index contributed by atoms with van der Waals surface area (Å²) in [5, 5.41) is 19.4. The average Bonchev–Trinajstić information content (AvgIpc) is 2.82. The van der Waals surface area contributed by atoms with Crippen molar-refractivity contribution in [3.63, 3.8) is 0 Å². The summed E-state index contributed by atoms with van der Waals surface area (Å²) < 4.78 is 29.5.